The number of aliphatic carboxylic acids is 1. The van der Waals surface area contributed by atoms with Gasteiger partial charge in [-0.2, -0.15) is 24.4 Å². The summed E-state index contributed by atoms with van der Waals surface area (Å²) in [7, 11) is 4.00. The van der Waals surface area contributed by atoms with Gasteiger partial charge in [-0.05, 0) is 29.9 Å². The summed E-state index contributed by atoms with van der Waals surface area (Å²) in [5.41, 5.74) is 2.35. The number of amides is 1. The lowest BCUT2D eigenvalue weighted by Crippen LogP contribution is -2.43. The van der Waals surface area contributed by atoms with Crippen LogP contribution in [0.1, 0.15) is 18.9 Å². The van der Waals surface area contributed by atoms with E-state index in [-0.39, 0.29) is 11.8 Å². The van der Waals surface area contributed by atoms with Crippen LogP contribution < -0.4 is 10.2 Å². The van der Waals surface area contributed by atoms with Gasteiger partial charge < -0.3 is 15.3 Å². The SMILES string of the molecule is C[C@H](CS)C(=O)N[C@@H](CCSCc1ccc(N(C)C)cc1)C(=O)O. The molecule has 0 aliphatic heterocycles. The molecule has 0 aliphatic rings. The highest BCUT2D eigenvalue weighted by Crippen LogP contribution is 2.18. The summed E-state index contributed by atoms with van der Waals surface area (Å²) in [6.45, 7) is 1.73. The van der Waals surface area contributed by atoms with Gasteiger partial charge in [-0.1, -0.05) is 19.1 Å². The summed E-state index contributed by atoms with van der Waals surface area (Å²) in [5.74, 6) is 0.337. The number of nitrogens with one attached hydrogen (secondary N) is 1. The number of thioether (sulfide) groups is 1. The Morgan fingerprint density at radius 3 is 2.42 bits per heavy atom. The van der Waals surface area contributed by atoms with Crippen molar-refractivity contribution in [3.63, 3.8) is 0 Å². The van der Waals surface area contributed by atoms with Gasteiger partial charge in [-0.25, -0.2) is 4.79 Å². The van der Waals surface area contributed by atoms with E-state index in [0.29, 0.717) is 17.9 Å². The smallest absolute Gasteiger partial charge is 0.326 e. The number of nitrogens with zero attached hydrogens (tertiary/aromatic N) is 1. The summed E-state index contributed by atoms with van der Waals surface area (Å²) in [5, 5.41) is 11.8. The van der Waals surface area contributed by atoms with Gasteiger partial charge in [-0.15, -0.1) is 0 Å². The topological polar surface area (TPSA) is 69.6 Å². The molecule has 0 fully saturated rings. The summed E-state index contributed by atoms with van der Waals surface area (Å²) >= 11 is 5.72. The van der Waals surface area contributed by atoms with Crippen molar-refractivity contribution in [1.29, 1.82) is 0 Å². The highest BCUT2D eigenvalue weighted by atomic mass is 32.2. The normalized spacial score (nSPS) is 13.2. The van der Waals surface area contributed by atoms with Crippen molar-refractivity contribution >= 4 is 42.0 Å². The minimum atomic E-state index is -0.995. The number of benzene rings is 1. The fourth-order valence-electron chi connectivity index (χ4n) is 1.94. The first-order chi connectivity index (χ1) is 11.3. The fourth-order valence-corrected chi connectivity index (χ4v) is 3.08. The van der Waals surface area contributed by atoms with Gasteiger partial charge in [0.2, 0.25) is 5.91 Å². The molecule has 0 saturated carbocycles. The van der Waals surface area contributed by atoms with Crippen LogP contribution in [-0.2, 0) is 15.3 Å². The van der Waals surface area contributed by atoms with Crippen LogP contribution in [-0.4, -0.2) is 48.6 Å². The number of hydrogen-bond donors (Lipinski definition) is 3. The molecule has 1 rings (SSSR count). The van der Waals surface area contributed by atoms with Crippen molar-refractivity contribution in [3.8, 4) is 0 Å². The zero-order valence-corrected chi connectivity index (χ0v) is 16.1. The molecule has 0 bridgehead atoms. The zero-order chi connectivity index (χ0) is 18.1. The molecule has 0 unspecified atom stereocenters. The third-order valence-corrected chi connectivity index (χ3v) is 5.22. The molecule has 0 saturated heterocycles. The number of thiol groups is 1. The van der Waals surface area contributed by atoms with Crippen molar-refractivity contribution in [3.05, 3.63) is 29.8 Å². The summed E-state index contributed by atoms with van der Waals surface area (Å²) in [6.07, 6.45) is 0.404. The second-order valence-corrected chi connectivity index (χ2v) is 7.36. The van der Waals surface area contributed by atoms with E-state index in [1.807, 2.05) is 19.0 Å². The van der Waals surface area contributed by atoms with Gasteiger partial charge in [0.05, 0.1) is 0 Å². The van der Waals surface area contributed by atoms with E-state index in [0.717, 1.165) is 11.4 Å². The van der Waals surface area contributed by atoms with Crippen molar-refractivity contribution < 1.29 is 14.7 Å². The van der Waals surface area contributed by atoms with Gasteiger partial charge in [0, 0.05) is 37.2 Å². The first-order valence-corrected chi connectivity index (χ1v) is 9.62. The molecule has 5 nitrogen and oxygen atoms in total. The van der Waals surface area contributed by atoms with Crippen LogP contribution >= 0.6 is 24.4 Å². The summed E-state index contributed by atoms with van der Waals surface area (Å²) < 4.78 is 0. The molecule has 1 aromatic carbocycles. The molecule has 0 spiro atoms. The molecule has 2 atom stereocenters. The Kier molecular flexibility index (Phi) is 9.07. The molecule has 0 radical (unpaired) electrons. The third-order valence-electron chi connectivity index (χ3n) is 3.61. The van der Waals surface area contributed by atoms with Crippen LogP contribution in [0.15, 0.2) is 24.3 Å². The van der Waals surface area contributed by atoms with Crippen molar-refractivity contribution in [2.45, 2.75) is 25.1 Å². The number of carbonyl (C=O) groups is 2. The Bertz CT molecular complexity index is 535. The minimum absolute atomic E-state index is 0.262. The molecular formula is C17H26N2O3S2. The van der Waals surface area contributed by atoms with Crippen LogP contribution in [0.3, 0.4) is 0 Å². The number of carboxylic acid groups (broad SMARTS) is 1. The Morgan fingerprint density at radius 2 is 1.92 bits per heavy atom. The number of rotatable bonds is 10. The van der Waals surface area contributed by atoms with E-state index >= 15 is 0 Å². The van der Waals surface area contributed by atoms with E-state index < -0.39 is 12.0 Å². The van der Waals surface area contributed by atoms with Crippen LogP contribution in [0.25, 0.3) is 0 Å². The Morgan fingerprint density at radius 1 is 1.29 bits per heavy atom. The highest BCUT2D eigenvalue weighted by molar-refractivity contribution is 7.98. The second-order valence-electron chi connectivity index (χ2n) is 5.89. The largest absolute Gasteiger partial charge is 0.480 e. The van der Waals surface area contributed by atoms with Crippen LogP contribution in [0.5, 0.6) is 0 Å². The molecule has 2 N–H and O–H groups in total. The quantitative estimate of drug-likeness (QED) is 0.436. The lowest BCUT2D eigenvalue weighted by molar-refractivity contribution is -0.142. The molecule has 1 aromatic rings. The van der Waals surface area contributed by atoms with Gasteiger partial charge >= 0.3 is 5.97 Å². The number of anilines is 1. The predicted molar refractivity (Wildman–Crippen MR) is 104 cm³/mol. The van der Waals surface area contributed by atoms with Gasteiger partial charge in [-0.3, -0.25) is 4.79 Å². The van der Waals surface area contributed by atoms with E-state index in [1.54, 1.807) is 18.7 Å². The van der Waals surface area contributed by atoms with Crippen LogP contribution in [0.2, 0.25) is 0 Å². The molecule has 134 valence electrons. The number of carboxylic acids is 1. The molecule has 7 heteroatoms. The second kappa shape index (κ2) is 10.5. The highest BCUT2D eigenvalue weighted by Gasteiger charge is 2.21. The van der Waals surface area contributed by atoms with Gasteiger partial charge in [0.25, 0.3) is 0 Å². The maximum Gasteiger partial charge on any atom is 0.326 e. The standard InChI is InChI=1S/C17H26N2O3S2/c1-12(10-23)16(20)18-15(17(21)22)8-9-24-11-13-4-6-14(7-5-13)19(2)3/h4-7,12,15,23H,8-11H2,1-3H3,(H,18,20)(H,21,22)/t12-,15+/m1/s1. The Hall–Kier alpha value is -1.34. The van der Waals surface area contributed by atoms with Crippen molar-refractivity contribution in [1.82, 2.24) is 5.32 Å². The number of carbonyl (C=O) groups excluding carboxylic acids is 1. The predicted octanol–water partition coefficient (Wildman–Crippen LogP) is 2.51. The zero-order valence-electron chi connectivity index (χ0n) is 14.4. The lowest BCUT2D eigenvalue weighted by Gasteiger charge is -2.17. The summed E-state index contributed by atoms with van der Waals surface area (Å²) in [6, 6.07) is 7.44. The first-order valence-electron chi connectivity index (χ1n) is 7.83. The van der Waals surface area contributed by atoms with Crippen molar-refractivity contribution in [2.75, 3.05) is 30.5 Å². The maximum absolute atomic E-state index is 11.8. The van der Waals surface area contributed by atoms with E-state index in [9.17, 15) is 14.7 Å². The Labute approximate surface area is 153 Å². The molecule has 24 heavy (non-hydrogen) atoms. The van der Waals surface area contributed by atoms with E-state index in [2.05, 4.69) is 42.2 Å². The van der Waals surface area contributed by atoms with Gasteiger partial charge in [0.15, 0.2) is 0 Å². The third kappa shape index (κ3) is 7.05. The van der Waals surface area contributed by atoms with Crippen molar-refractivity contribution in [2.24, 2.45) is 5.92 Å². The molecular weight excluding hydrogens is 344 g/mol. The summed E-state index contributed by atoms with van der Waals surface area (Å²) in [4.78, 5) is 25.1. The van der Waals surface area contributed by atoms with E-state index in [1.165, 1.54) is 5.56 Å². The number of hydrogen-bond acceptors (Lipinski definition) is 5. The lowest BCUT2D eigenvalue weighted by atomic mass is 10.1. The molecule has 1 amide bonds. The van der Waals surface area contributed by atoms with Crippen LogP contribution in [0.4, 0.5) is 5.69 Å². The fraction of sp³-hybridized carbons (Fsp3) is 0.529. The van der Waals surface area contributed by atoms with Gasteiger partial charge in [0.1, 0.15) is 6.04 Å². The maximum atomic E-state index is 11.8. The average molecular weight is 371 g/mol. The van der Waals surface area contributed by atoms with E-state index in [4.69, 9.17) is 0 Å². The average Bonchev–Trinajstić information content (AvgIpc) is 2.56. The Balaban J connectivity index is 2.40. The minimum Gasteiger partial charge on any atom is -0.480 e. The first kappa shape index (κ1) is 20.7. The van der Waals surface area contributed by atoms with Crippen LogP contribution in [0, 0.1) is 5.92 Å². The molecule has 0 aliphatic carbocycles. The monoisotopic (exact) mass is 370 g/mol. The molecule has 0 aromatic heterocycles. The molecule has 0 heterocycles.